The highest BCUT2D eigenvalue weighted by Crippen LogP contribution is 2.29. The van der Waals surface area contributed by atoms with Gasteiger partial charge in [0.25, 0.3) is 0 Å². The topological polar surface area (TPSA) is 57.3 Å². The number of hydrogen-bond donors (Lipinski definition) is 2. The van der Waals surface area contributed by atoms with Gasteiger partial charge in [-0.3, -0.25) is 0 Å². The molecular weight excluding hydrogens is 308 g/mol. The summed E-state index contributed by atoms with van der Waals surface area (Å²) in [4.78, 5) is 18.8. The molecule has 23 heavy (non-hydrogen) atoms. The summed E-state index contributed by atoms with van der Waals surface area (Å²) < 4.78 is 0. The van der Waals surface area contributed by atoms with E-state index in [1.165, 1.54) is 38.5 Å². The van der Waals surface area contributed by atoms with Gasteiger partial charge >= 0.3 is 6.03 Å². The third kappa shape index (κ3) is 4.77. The molecule has 0 bridgehead atoms. The second-order valence-electron chi connectivity index (χ2n) is 6.23. The van der Waals surface area contributed by atoms with E-state index in [1.807, 2.05) is 23.9 Å². The lowest BCUT2D eigenvalue weighted by Crippen LogP contribution is -2.32. The van der Waals surface area contributed by atoms with Crippen molar-refractivity contribution in [2.75, 3.05) is 35.6 Å². The monoisotopic (exact) mass is 334 g/mol. The number of rotatable bonds is 6. The molecule has 2 amide bonds. The van der Waals surface area contributed by atoms with Crippen molar-refractivity contribution in [1.29, 1.82) is 0 Å². The molecule has 2 N–H and O–H groups in total. The Morgan fingerprint density at radius 2 is 2.04 bits per heavy atom. The Morgan fingerprint density at radius 3 is 2.83 bits per heavy atom. The highest BCUT2D eigenvalue weighted by Gasteiger charge is 2.18. The molecule has 6 heteroatoms. The highest BCUT2D eigenvalue weighted by atomic mass is 32.2. The maximum atomic E-state index is 12.1. The second-order valence-corrected chi connectivity index (χ2v) is 7.64. The van der Waals surface area contributed by atoms with Crippen LogP contribution in [0.4, 0.5) is 16.3 Å². The van der Waals surface area contributed by atoms with E-state index in [1.54, 1.807) is 6.20 Å². The molecule has 5 nitrogen and oxygen atoms in total. The van der Waals surface area contributed by atoms with Gasteiger partial charge in [0.15, 0.2) is 5.82 Å². The number of hydrogen-bond acceptors (Lipinski definition) is 4. The van der Waals surface area contributed by atoms with E-state index in [4.69, 9.17) is 0 Å². The van der Waals surface area contributed by atoms with Gasteiger partial charge in [-0.05, 0) is 37.8 Å². The molecule has 3 rings (SSSR count). The van der Waals surface area contributed by atoms with Crippen molar-refractivity contribution in [3.63, 3.8) is 0 Å². The van der Waals surface area contributed by atoms with Gasteiger partial charge in [0.05, 0.1) is 5.69 Å². The molecule has 2 aliphatic rings. The summed E-state index contributed by atoms with van der Waals surface area (Å²) in [7, 11) is 0. The number of pyridine rings is 1. The standard InChI is InChI=1S/C17H26N4OS/c22-17(19-10-13-23-14-6-1-2-7-14)20-15-8-5-9-18-16(15)21-11-3-4-12-21/h5,8-9,14H,1-4,6-7,10-13H2,(H2,19,20,22). The third-order valence-corrected chi connectivity index (χ3v) is 5.87. The number of carbonyl (C=O) groups is 1. The molecule has 0 unspecified atom stereocenters. The van der Waals surface area contributed by atoms with Crippen LogP contribution in [0, 0.1) is 0 Å². The van der Waals surface area contributed by atoms with Crippen LogP contribution in [0.2, 0.25) is 0 Å². The molecule has 0 spiro atoms. The maximum Gasteiger partial charge on any atom is 0.319 e. The van der Waals surface area contributed by atoms with Crippen LogP contribution in [0.3, 0.4) is 0 Å². The van der Waals surface area contributed by atoms with Crippen LogP contribution < -0.4 is 15.5 Å². The second kappa shape index (κ2) is 8.43. The molecular formula is C17H26N4OS. The fraction of sp³-hybridized carbons (Fsp3) is 0.647. The summed E-state index contributed by atoms with van der Waals surface area (Å²) in [5, 5.41) is 6.71. The number of aromatic nitrogens is 1. The lowest BCUT2D eigenvalue weighted by Gasteiger charge is -2.20. The summed E-state index contributed by atoms with van der Waals surface area (Å²) in [6.45, 7) is 2.75. The largest absolute Gasteiger partial charge is 0.355 e. The number of nitrogens with zero attached hydrogens (tertiary/aromatic N) is 2. The van der Waals surface area contributed by atoms with Crippen molar-refractivity contribution in [2.24, 2.45) is 0 Å². The lowest BCUT2D eigenvalue weighted by atomic mass is 10.3. The molecule has 1 aliphatic heterocycles. The fourth-order valence-electron chi connectivity index (χ4n) is 3.29. The van der Waals surface area contributed by atoms with E-state index in [-0.39, 0.29) is 6.03 Å². The van der Waals surface area contributed by atoms with Crippen LogP contribution in [-0.2, 0) is 0 Å². The minimum atomic E-state index is -0.134. The number of amides is 2. The van der Waals surface area contributed by atoms with Gasteiger partial charge in [-0.1, -0.05) is 12.8 Å². The zero-order chi connectivity index (χ0) is 15.9. The predicted molar refractivity (Wildman–Crippen MR) is 97.4 cm³/mol. The van der Waals surface area contributed by atoms with Gasteiger partial charge in [0, 0.05) is 36.8 Å². The zero-order valence-electron chi connectivity index (χ0n) is 13.6. The summed E-state index contributed by atoms with van der Waals surface area (Å²) in [5.41, 5.74) is 0.801. The average Bonchev–Trinajstić information content (AvgIpc) is 3.26. The first-order valence-corrected chi connectivity index (χ1v) is 9.74. The van der Waals surface area contributed by atoms with E-state index in [2.05, 4.69) is 20.5 Å². The van der Waals surface area contributed by atoms with Crippen molar-refractivity contribution in [3.05, 3.63) is 18.3 Å². The van der Waals surface area contributed by atoms with Crippen molar-refractivity contribution >= 4 is 29.3 Å². The molecule has 1 saturated heterocycles. The van der Waals surface area contributed by atoms with Crippen LogP contribution >= 0.6 is 11.8 Å². The van der Waals surface area contributed by atoms with Crippen LogP contribution in [0.15, 0.2) is 18.3 Å². The molecule has 1 aliphatic carbocycles. The van der Waals surface area contributed by atoms with Crippen LogP contribution in [0.5, 0.6) is 0 Å². The van der Waals surface area contributed by atoms with Gasteiger partial charge < -0.3 is 15.5 Å². The SMILES string of the molecule is O=C(NCCSC1CCCC1)Nc1cccnc1N1CCCC1. The van der Waals surface area contributed by atoms with Gasteiger partial charge in [-0.25, -0.2) is 9.78 Å². The van der Waals surface area contributed by atoms with E-state index in [9.17, 15) is 4.79 Å². The third-order valence-electron chi connectivity index (χ3n) is 4.48. The van der Waals surface area contributed by atoms with Crippen molar-refractivity contribution in [3.8, 4) is 0 Å². The molecule has 2 fully saturated rings. The summed E-state index contributed by atoms with van der Waals surface area (Å²) >= 11 is 1.99. The quantitative estimate of drug-likeness (QED) is 0.782. The average molecular weight is 334 g/mol. The fourth-order valence-corrected chi connectivity index (χ4v) is 4.51. The molecule has 1 aromatic heterocycles. The first kappa shape index (κ1) is 16.4. The first-order valence-electron chi connectivity index (χ1n) is 8.69. The Bertz CT molecular complexity index is 513. The number of nitrogens with one attached hydrogen (secondary N) is 2. The zero-order valence-corrected chi connectivity index (χ0v) is 14.4. The van der Waals surface area contributed by atoms with Gasteiger partial charge in [0.1, 0.15) is 0 Å². The first-order chi connectivity index (χ1) is 11.3. The normalized spacial score (nSPS) is 18.3. The Kier molecular flexibility index (Phi) is 6.02. The maximum absolute atomic E-state index is 12.1. The van der Waals surface area contributed by atoms with Crippen molar-refractivity contribution in [2.45, 2.75) is 43.8 Å². The van der Waals surface area contributed by atoms with Crippen LogP contribution in [-0.4, -0.2) is 41.7 Å². The minimum Gasteiger partial charge on any atom is -0.355 e. The van der Waals surface area contributed by atoms with Gasteiger partial charge in [0.2, 0.25) is 0 Å². The summed E-state index contributed by atoms with van der Waals surface area (Å²) in [6, 6.07) is 3.66. The molecule has 126 valence electrons. The predicted octanol–water partition coefficient (Wildman–Crippen LogP) is 3.48. The van der Waals surface area contributed by atoms with Crippen molar-refractivity contribution in [1.82, 2.24) is 10.3 Å². The van der Waals surface area contributed by atoms with Gasteiger partial charge in [-0.2, -0.15) is 11.8 Å². The molecule has 0 radical (unpaired) electrons. The molecule has 1 saturated carbocycles. The minimum absolute atomic E-state index is 0.134. The van der Waals surface area contributed by atoms with E-state index in [0.29, 0.717) is 6.54 Å². The Labute approximate surface area is 142 Å². The summed E-state index contributed by atoms with van der Waals surface area (Å²) in [6.07, 6.45) is 9.59. The lowest BCUT2D eigenvalue weighted by molar-refractivity contribution is 0.252. The number of urea groups is 1. The van der Waals surface area contributed by atoms with E-state index < -0.39 is 0 Å². The van der Waals surface area contributed by atoms with E-state index in [0.717, 1.165) is 35.6 Å². The Balaban J connectivity index is 1.44. The highest BCUT2D eigenvalue weighted by molar-refractivity contribution is 7.99. The van der Waals surface area contributed by atoms with E-state index >= 15 is 0 Å². The number of carbonyl (C=O) groups excluding carboxylic acids is 1. The summed E-state index contributed by atoms with van der Waals surface area (Å²) in [5.74, 6) is 1.88. The molecule has 0 aromatic carbocycles. The van der Waals surface area contributed by atoms with Crippen molar-refractivity contribution < 1.29 is 4.79 Å². The number of anilines is 2. The van der Waals surface area contributed by atoms with Crippen LogP contribution in [0.1, 0.15) is 38.5 Å². The number of thioether (sulfide) groups is 1. The van der Waals surface area contributed by atoms with Crippen LogP contribution in [0.25, 0.3) is 0 Å². The van der Waals surface area contributed by atoms with Gasteiger partial charge in [-0.15, -0.1) is 0 Å². The molecule has 1 aromatic rings. The Morgan fingerprint density at radius 1 is 1.26 bits per heavy atom. The Hall–Kier alpha value is -1.43. The smallest absolute Gasteiger partial charge is 0.319 e. The molecule has 2 heterocycles. The molecule has 0 atom stereocenters.